The van der Waals surface area contributed by atoms with Crippen LogP contribution in [0.2, 0.25) is 5.02 Å². The first-order chi connectivity index (χ1) is 15.2. The highest BCUT2D eigenvalue weighted by Crippen LogP contribution is 2.32. The molecule has 9 heteroatoms. The largest absolute Gasteiger partial charge is 0.386 e. The Morgan fingerprint density at radius 2 is 1.62 bits per heavy atom. The summed E-state index contributed by atoms with van der Waals surface area (Å²) in [6, 6.07) is 18.6. The van der Waals surface area contributed by atoms with Crippen LogP contribution in [0.5, 0.6) is 0 Å². The van der Waals surface area contributed by atoms with Crippen molar-refractivity contribution in [2.75, 3.05) is 0 Å². The van der Waals surface area contributed by atoms with Gasteiger partial charge in [-0.1, -0.05) is 48.0 Å². The number of halogens is 1. The monoisotopic (exact) mass is 467 g/mol. The third-order valence-electron chi connectivity index (χ3n) is 5.02. The van der Waals surface area contributed by atoms with E-state index in [1.807, 2.05) is 18.2 Å². The van der Waals surface area contributed by atoms with E-state index < -0.39 is 21.8 Å². The number of nitrogens with one attached hydrogen (secondary N) is 2. The quantitative estimate of drug-likeness (QED) is 0.393. The third-order valence-corrected chi connectivity index (χ3v) is 6.27. The Hall–Kier alpha value is -3.46. The van der Waals surface area contributed by atoms with Gasteiger partial charge in [0, 0.05) is 34.5 Å². The first-order valence-corrected chi connectivity index (χ1v) is 11.5. The van der Waals surface area contributed by atoms with Gasteiger partial charge in [-0.15, -0.1) is 0 Å². The summed E-state index contributed by atoms with van der Waals surface area (Å²) in [4.78, 5) is 24.9. The minimum absolute atomic E-state index is 0.0193. The number of hydrogen-bond donors (Lipinski definition) is 3. The fourth-order valence-electron chi connectivity index (χ4n) is 3.40. The molecule has 162 valence electrons. The predicted molar refractivity (Wildman–Crippen MR) is 122 cm³/mol. The van der Waals surface area contributed by atoms with Crippen molar-refractivity contribution in [1.82, 2.24) is 10.6 Å². The van der Waals surface area contributed by atoms with E-state index in [2.05, 4.69) is 10.6 Å². The van der Waals surface area contributed by atoms with Crippen molar-refractivity contribution in [3.63, 3.8) is 0 Å². The molecule has 2 amide bonds. The van der Waals surface area contributed by atoms with E-state index in [0.29, 0.717) is 28.3 Å². The topological polar surface area (TPSA) is 118 Å². The van der Waals surface area contributed by atoms with Crippen LogP contribution in [0.1, 0.15) is 21.5 Å². The molecule has 3 aromatic carbocycles. The fourth-order valence-corrected chi connectivity index (χ4v) is 4.16. The molecule has 0 unspecified atom stereocenters. The number of amides is 2. The number of benzene rings is 3. The van der Waals surface area contributed by atoms with Crippen LogP contribution in [-0.4, -0.2) is 20.2 Å². The number of rotatable bonds is 5. The number of nitrogens with two attached hydrogens (primary N) is 1. The SMILES string of the molecule is NS(=O)(=O)c1ccc(CN/C=C2\C(=O)NC(=O)c3ccc(-c4ccccc4Cl)cc32)cc1. The Morgan fingerprint density at radius 3 is 2.31 bits per heavy atom. The summed E-state index contributed by atoms with van der Waals surface area (Å²) in [7, 11) is -3.76. The van der Waals surface area contributed by atoms with Gasteiger partial charge in [-0.25, -0.2) is 13.6 Å². The highest BCUT2D eigenvalue weighted by atomic mass is 35.5. The van der Waals surface area contributed by atoms with Crippen molar-refractivity contribution in [1.29, 1.82) is 0 Å². The average molecular weight is 468 g/mol. The van der Waals surface area contributed by atoms with Crippen LogP contribution in [-0.2, 0) is 21.4 Å². The zero-order valence-electron chi connectivity index (χ0n) is 16.6. The summed E-state index contributed by atoms with van der Waals surface area (Å²) in [5.41, 5.74) is 3.53. The van der Waals surface area contributed by atoms with Gasteiger partial charge in [0.05, 0.1) is 10.5 Å². The van der Waals surface area contributed by atoms with Crippen molar-refractivity contribution >= 4 is 39.0 Å². The van der Waals surface area contributed by atoms with Gasteiger partial charge < -0.3 is 5.32 Å². The summed E-state index contributed by atoms with van der Waals surface area (Å²) >= 11 is 6.31. The molecule has 3 aromatic rings. The molecule has 0 fully saturated rings. The Bertz CT molecular complexity index is 1370. The lowest BCUT2D eigenvalue weighted by Crippen LogP contribution is -2.37. The zero-order valence-corrected chi connectivity index (χ0v) is 18.2. The summed E-state index contributed by atoms with van der Waals surface area (Å²) in [5.74, 6) is -0.984. The number of primary sulfonamides is 1. The van der Waals surface area contributed by atoms with E-state index in [9.17, 15) is 18.0 Å². The Labute approximate surface area is 190 Å². The molecule has 0 atom stereocenters. The maximum atomic E-state index is 12.5. The second-order valence-electron chi connectivity index (χ2n) is 7.15. The van der Waals surface area contributed by atoms with Gasteiger partial charge in [-0.05, 0) is 41.5 Å². The molecule has 0 aliphatic carbocycles. The van der Waals surface area contributed by atoms with E-state index in [-0.39, 0.29) is 4.90 Å². The normalized spacial score (nSPS) is 14.8. The van der Waals surface area contributed by atoms with E-state index in [0.717, 1.165) is 16.7 Å². The first kappa shape index (κ1) is 21.8. The molecule has 1 heterocycles. The molecule has 4 rings (SSSR count). The number of imide groups is 1. The van der Waals surface area contributed by atoms with Gasteiger partial charge in [0.2, 0.25) is 10.0 Å². The molecule has 1 aliphatic rings. The molecule has 0 radical (unpaired) electrons. The molecule has 1 aliphatic heterocycles. The van der Waals surface area contributed by atoms with E-state index in [1.54, 1.807) is 36.4 Å². The summed E-state index contributed by atoms with van der Waals surface area (Å²) in [6.07, 6.45) is 1.53. The standard InChI is InChI=1S/C23H18ClN3O4S/c24-21-4-2-1-3-17(21)15-7-10-18-19(11-15)20(23(29)27-22(18)28)13-26-12-14-5-8-16(9-6-14)32(25,30)31/h1-11,13,26H,12H2,(H2,25,30,31)(H,27,28,29)/b20-13-. The van der Waals surface area contributed by atoms with Crippen LogP contribution in [0.3, 0.4) is 0 Å². The zero-order chi connectivity index (χ0) is 22.9. The highest BCUT2D eigenvalue weighted by molar-refractivity contribution is 7.89. The molecule has 4 N–H and O–H groups in total. The molecule has 0 saturated heterocycles. The molecular weight excluding hydrogens is 450 g/mol. The van der Waals surface area contributed by atoms with Crippen molar-refractivity contribution in [3.05, 3.63) is 94.6 Å². The van der Waals surface area contributed by atoms with Gasteiger partial charge in [-0.2, -0.15) is 0 Å². The molecule has 32 heavy (non-hydrogen) atoms. The number of fused-ring (bicyclic) bond motifs is 1. The molecular formula is C23H18ClN3O4S. The van der Waals surface area contributed by atoms with Gasteiger partial charge in [0.15, 0.2) is 0 Å². The Balaban J connectivity index is 1.63. The second kappa shape index (κ2) is 8.58. The minimum Gasteiger partial charge on any atom is -0.386 e. The lowest BCUT2D eigenvalue weighted by molar-refractivity contribution is -0.114. The van der Waals surface area contributed by atoms with Crippen molar-refractivity contribution < 1.29 is 18.0 Å². The van der Waals surface area contributed by atoms with Crippen molar-refractivity contribution in [3.8, 4) is 11.1 Å². The maximum Gasteiger partial charge on any atom is 0.260 e. The number of carbonyl (C=O) groups excluding carboxylic acids is 2. The fraction of sp³-hybridized carbons (Fsp3) is 0.0435. The van der Waals surface area contributed by atoms with Crippen LogP contribution >= 0.6 is 11.6 Å². The van der Waals surface area contributed by atoms with E-state index in [1.165, 1.54) is 18.3 Å². The van der Waals surface area contributed by atoms with Gasteiger partial charge in [0.25, 0.3) is 11.8 Å². The van der Waals surface area contributed by atoms with Crippen molar-refractivity contribution in [2.45, 2.75) is 11.4 Å². The van der Waals surface area contributed by atoms with Crippen LogP contribution in [0, 0.1) is 0 Å². The van der Waals surface area contributed by atoms with Crippen LogP contribution in [0.4, 0.5) is 0 Å². The van der Waals surface area contributed by atoms with Crippen LogP contribution in [0.25, 0.3) is 16.7 Å². The van der Waals surface area contributed by atoms with Crippen molar-refractivity contribution in [2.24, 2.45) is 5.14 Å². The number of hydrogen-bond acceptors (Lipinski definition) is 5. The molecule has 7 nitrogen and oxygen atoms in total. The summed E-state index contributed by atoms with van der Waals surface area (Å²) in [5, 5.41) is 11.0. The predicted octanol–water partition coefficient (Wildman–Crippen LogP) is 3.06. The highest BCUT2D eigenvalue weighted by Gasteiger charge is 2.27. The summed E-state index contributed by atoms with van der Waals surface area (Å²) in [6.45, 7) is 0.329. The second-order valence-corrected chi connectivity index (χ2v) is 9.12. The molecule has 0 spiro atoms. The lowest BCUT2D eigenvalue weighted by atomic mass is 9.91. The number of carbonyl (C=O) groups is 2. The Morgan fingerprint density at radius 1 is 0.906 bits per heavy atom. The smallest absolute Gasteiger partial charge is 0.260 e. The third kappa shape index (κ3) is 4.43. The average Bonchev–Trinajstić information content (AvgIpc) is 2.75. The van der Waals surface area contributed by atoms with Crippen LogP contribution in [0.15, 0.2) is 77.8 Å². The van der Waals surface area contributed by atoms with Crippen LogP contribution < -0.4 is 15.8 Å². The summed E-state index contributed by atoms with van der Waals surface area (Å²) < 4.78 is 22.7. The minimum atomic E-state index is -3.76. The number of sulfonamides is 1. The van der Waals surface area contributed by atoms with Gasteiger partial charge >= 0.3 is 0 Å². The molecule has 0 saturated carbocycles. The van der Waals surface area contributed by atoms with E-state index in [4.69, 9.17) is 16.7 Å². The maximum absolute atomic E-state index is 12.5. The van der Waals surface area contributed by atoms with Gasteiger partial charge in [-0.3, -0.25) is 14.9 Å². The lowest BCUT2D eigenvalue weighted by Gasteiger charge is -2.20. The van der Waals surface area contributed by atoms with Gasteiger partial charge in [0.1, 0.15) is 0 Å². The first-order valence-electron chi connectivity index (χ1n) is 9.54. The molecule has 0 aromatic heterocycles. The van der Waals surface area contributed by atoms with E-state index >= 15 is 0 Å². The molecule has 0 bridgehead atoms. The Kier molecular flexibility index (Phi) is 5.84.